The molecule has 0 radical (unpaired) electrons. The summed E-state index contributed by atoms with van der Waals surface area (Å²) in [5.41, 5.74) is 1.35. The lowest BCUT2D eigenvalue weighted by molar-refractivity contribution is -0.133. The number of ether oxygens (including phenoxy) is 1. The van der Waals surface area contributed by atoms with Crippen molar-refractivity contribution in [2.24, 2.45) is 0 Å². The van der Waals surface area contributed by atoms with E-state index < -0.39 is 5.97 Å². The van der Waals surface area contributed by atoms with Crippen LogP contribution in [-0.4, -0.2) is 34.2 Å². The summed E-state index contributed by atoms with van der Waals surface area (Å²) in [6.45, 7) is 0.241. The zero-order valence-corrected chi connectivity index (χ0v) is 11.6. The first-order valence-electron chi connectivity index (χ1n) is 7.08. The van der Waals surface area contributed by atoms with Gasteiger partial charge in [-0.1, -0.05) is 36.4 Å². The highest BCUT2D eigenvalue weighted by molar-refractivity contribution is 5.87. The summed E-state index contributed by atoms with van der Waals surface area (Å²) in [5, 5.41) is 9.08. The van der Waals surface area contributed by atoms with Crippen LogP contribution in [0.15, 0.2) is 42.0 Å². The number of amides is 1. The Labute approximate surface area is 122 Å². The molecule has 2 heterocycles. The first-order chi connectivity index (χ1) is 10.1. The van der Waals surface area contributed by atoms with E-state index in [9.17, 15) is 9.59 Å². The number of carbonyl (C=O) groups is 2. The fraction of sp³-hybridized carbons (Fsp3) is 0.375. The number of fused-ring (bicyclic) bond motifs is 2. The molecule has 1 fully saturated rings. The molecule has 3 rings (SSSR count). The number of hydrogen-bond acceptors (Lipinski definition) is 3. The predicted octanol–water partition coefficient (Wildman–Crippen LogP) is 2.57. The Morgan fingerprint density at radius 1 is 1.24 bits per heavy atom. The second kappa shape index (κ2) is 5.60. The summed E-state index contributed by atoms with van der Waals surface area (Å²) < 4.78 is 5.35. The fourth-order valence-electron chi connectivity index (χ4n) is 3.07. The molecule has 2 bridgehead atoms. The molecule has 1 aromatic rings. The summed E-state index contributed by atoms with van der Waals surface area (Å²) in [6.07, 6.45) is 3.38. The maximum atomic E-state index is 12.2. The molecule has 1 saturated heterocycles. The number of benzene rings is 1. The molecule has 1 aromatic carbocycles. The van der Waals surface area contributed by atoms with Crippen LogP contribution < -0.4 is 0 Å². The van der Waals surface area contributed by atoms with Crippen molar-refractivity contribution >= 4 is 12.1 Å². The minimum atomic E-state index is -0.885. The molecule has 0 aliphatic carbocycles. The van der Waals surface area contributed by atoms with E-state index in [1.807, 2.05) is 30.3 Å². The predicted molar refractivity (Wildman–Crippen MR) is 75.6 cm³/mol. The van der Waals surface area contributed by atoms with Gasteiger partial charge >= 0.3 is 12.1 Å². The monoisotopic (exact) mass is 287 g/mol. The van der Waals surface area contributed by atoms with Crippen LogP contribution in [0.3, 0.4) is 0 Å². The topological polar surface area (TPSA) is 66.8 Å². The second-order valence-electron chi connectivity index (χ2n) is 5.45. The van der Waals surface area contributed by atoms with Gasteiger partial charge in [-0.25, -0.2) is 9.59 Å². The molecule has 0 aromatic heterocycles. The zero-order valence-electron chi connectivity index (χ0n) is 11.6. The normalized spacial score (nSPS) is 23.6. The van der Waals surface area contributed by atoms with Gasteiger partial charge in [0.1, 0.15) is 6.61 Å². The molecule has 2 aliphatic rings. The van der Waals surface area contributed by atoms with Gasteiger partial charge in [0.05, 0.1) is 6.04 Å². The molecule has 1 N–H and O–H groups in total. The van der Waals surface area contributed by atoms with Gasteiger partial charge in [-0.05, 0) is 24.8 Å². The average molecular weight is 287 g/mol. The van der Waals surface area contributed by atoms with Crippen LogP contribution in [0, 0.1) is 0 Å². The van der Waals surface area contributed by atoms with Gasteiger partial charge in [-0.15, -0.1) is 0 Å². The van der Waals surface area contributed by atoms with E-state index in [0.29, 0.717) is 12.0 Å². The van der Waals surface area contributed by atoms with Crippen molar-refractivity contribution in [1.82, 2.24) is 4.90 Å². The van der Waals surface area contributed by atoms with Gasteiger partial charge in [0.25, 0.3) is 0 Å². The van der Waals surface area contributed by atoms with Crippen molar-refractivity contribution in [2.75, 3.05) is 0 Å². The van der Waals surface area contributed by atoms with E-state index in [2.05, 4.69) is 0 Å². The van der Waals surface area contributed by atoms with Crippen molar-refractivity contribution in [3.05, 3.63) is 47.5 Å². The number of hydrogen-bond donors (Lipinski definition) is 1. The zero-order chi connectivity index (χ0) is 14.8. The highest BCUT2D eigenvalue weighted by Gasteiger charge is 2.41. The molecular formula is C16H17NO4. The maximum Gasteiger partial charge on any atom is 0.410 e. The summed E-state index contributed by atoms with van der Waals surface area (Å²) in [7, 11) is 0. The van der Waals surface area contributed by atoms with Gasteiger partial charge in [0.2, 0.25) is 0 Å². The van der Waals surface area contributed by atoms with Crippen molar-refractivity contribution in [1.29, 1.82) is 0 Å². The number of rotatable bonds is 3. The molecular weight excluding hydrogens is 270 g/mol. The highest BCUT2D eigenvalue weighted by Crippen LogP contribution is 2.35. The number of aliphatic carboxylic acids is 1. The summed E-state index contributed by atoms with van der Waals surface area (Å²) >= 11 is 0. The molecule has 0 saturated carbocycles. The van der Waals surface area contributed by atoms with Gasteiger partial charge in [-0.3, -0.25) is 4.90 Å². The largest absolute Gasteiger partial charge is 0.478 e. The van der Waals surface area contributed by atoms with Crippen LogP contribution in [0.5, 0.6) is 0 Å². The molecule has 5 heteroatoms. The smallest absolute Gasteiger partial charge is 0.410 e. The van der Waals surface area contributed by atoms with Crippen LogP contribution in [0.1, 0.15) is 24.8 Å². The first kappa shape index (κ1) is 13.7. The minimum absolute atomic E-state index is 0.0469. The Bertz CT molecular complexity index is 581. The Morgan fingerprint density at radius 2 is 2.00 bits per heavy atom. The van der Waals surface area contributed by atoms with E-state index in [4.69, 9.17) is 9.84 Å². The quantitative estimate of drug-likeness (QED) is 0.927. The van der Waals surface area contributed by atoms with Crippen LogP contribution in [0.4, 0.5) is 4.79 Å². The Balaban J connectivity index is 1.65. The number of carbonyl (C=O) groups excluding carboxylic acids is 1. The van der Waals surface area contributed by atoms with Crippen LogP contribution in [0.2, 0.25) is 0 Å². The third-order valence-corrected chi connectivity index (χ3v) is 4.09. The summed E-state index contributed by atoms with van der Waals surface area (Å²) in [5.74, 6) is -0.885. The lowest BCUT2D eigenvalue weighted by Gasteiger charge is -2.32. The number of carboxylic acids is 1. The lowest BCUT2D eigenvalue weighted by atomic mass is 10.0. The van der Waals surface area contributed by atoms with Crippen LogP contribution in [-0.2, 0) is 16.1 Å². The van der Waals surface area contributed by atoms with Gasteiger partial charge in [0, 0.05) is 11.6 Å². The Morgan fingerprint density at radius 3 is 2.67 bits per heavy atom. The molecule has 0 spiro atoms. The fourth-order valence-corrected chi connectivity index (χ4v) is 3.07. The Hall–Kier alpha value is -2.30. The Kier molecular flexibility index (Phi) is 3.64. The standard InChI is InChI=1S/C16H17NO4/c18-15(19)12-8-13-6-7-14(9-12)17(13)16(20)21-10-11-4-2-1-3-5-11/h1-5,8,13-14H,6-7,9-10H2,(H,18,19). The third-order valence-electron chi connectivity index (χ3n) is 4.09. The highest BCUT2D eigenvalue weighted by atomic mass is 16.6. The molecule has 1 amide bonds. The van der Waals surface area contributed by atoms with Gasteiger partial charge < -0.3 is 9.84 Å². The van der Waals surface area contributed by atoms with E-state index in [1.54, 1.807) is 11.0 Å². The van der Waals surface area contributed by atoms with Gasteiger partial charge in [0.15, 0.2) is 0 Å². The van der Waals surface area contributed by atoms with E-state index in [0.717, 1.165) is 18.4 Å². The van der Waals surface area contributed by atoms with Crippen molar-refractivity contribution in [3.8, 4) is 0 Å². The van der Waals surface area contributed by atoms with Crippen molar-refractivity contribution in [2.45, 2.75) is 38.0 Å². The molecule has 21 heavy (non-hydrogen) atoms. The third kappa shape index (κ3) is 2.77. The second-order valence-corrected chi connectivity index (χ2v) is 5.45. The van der Waals surface area contributed by atoms with Gasteiger partial charge in [-0.2, -0.15) is 0 Å². The maximum absolute atomic E-state index is 12.2. The first-order valence-corrected chi connectivity index (χ1v) is 7.08. The van der Waals surface area contributed by atoms with E-state index in [1.165, 1.54) is 0 Å². The SMILES string of the molecule is O=C(O)C1=CC2CCC(C1)N2C(=O)OCc1ccccc1. The molecule has 110 valence electrons. The molecule has 2 aliphatic heterocycles. The molecule has 2 atom stereocenters. The van der Waals surface area contributed by atoms with Crippen LogP contribution in [0.25, 0.3) is 0 Å². The number of nitrogens with zero attached hydrogens (tertiary/aromatic N) is 1. The van der Waals surface area contributed by atoms with Crippen molar-refractivity contribution in [3.63, 3.8) is 0 Å². The molecule has 2 unspecified atom stereocenters. The minimum Gasteiger partial charge on any atom is -0.478 e. The van der Waals surface area contributed by atoms with E-state index >= 15 is 0 Å². The van der Waals surface area contributed by atoms with Crippen molar-refractivity contribution < 1.29 is 19.4 Å². The summed E-state index contributed by atoms with van der Waals surface area (Å²) in [4.78, 5) is 25.0. The lowest BCUT2D eigenvalue weighted by Crippen LogP contribution is -2.44. The number of carboxylic acid groups (broad SMARTS) is 1. The average Bonchev–Trinajstić information content (AvgIpc) is 2.75. The van der Waals surface area contributed by atoms with Crippen LogP contribution >= 0.6 is 0 Å². The molecule has 5 nitrogen and oxygen atoms in total. The van der Waals surface area contributed by atoms with E-state index in [-0.39, 0.29) is 24.8 Å². The summed E-state index contributed by atoms with van der Waals surface area (Å²) in [6, 6.07) is 9.33.